The number of nitrogens with zero attached hydrogens (tertiary/aromatic N) is 3. The molecule has 0 unspecified atom stereocenters. The van der Waals surface area contributed by atoms with Crippen LogP contribution in [0.15, 0.2) is 48.7 Å². The number of halogens is 1. The molecule has 0 amide bonds. The standard InChI is InChI=1S/C15H14ClN3/c16-15-11-13(7-9-18-15)12-19(10-4-8-17)14-5-2-1-3-6-14/h1-3,5-7,9,11H,4,10,12H2. The first-order valence-electron chi connectivity index (χ1n) is 6.07. The minimum atomic E-state index is 0.491. The van der Waals surface area contributed by atoms with E-state index in [4.69, 9.17) is 16.9 Å². The van der Waals surface area contributed by atoms with Crippen molar-refractivity contribution < 1.29 is 0 Å². The Morgan fingerprint density at radius 2 is 2.00 bits per heavy atom. The molecular weight excluding hydrogens is 258 g/mol. The van der Waals surface area contributed by atoms with Crippen LogP contribution < -0.4 is 4.90 Å². The van der Waals surface area contributed by atoms with Gasteiger partial charge in [-0.15, -0.1) is 0 Å². The van der Waals surface area contributed by atoms with E-state index in [2.05, 4.69) is 16.0 Å². The number of pyridine rings is 1. The molecule has 0 aliphatic carbocycles. The van der Waals surface area contributed by atoms with Gasteiger partial charge in [0, 0.05) is 25.0 Å². The summed E-state index contributed by atoms with van der Waals surface area (Å²) in [7, 11) is 0. The van der Waals surface area contributed by atoms with E-state index in [1.54, 1.807) is 6.20 Å². The maximum absolute atomic E-state index is 8.76. The summed E-state index contributed by atoms with van der Waals surface area (Å²) in [5, 5.41) is 9.26. The minimum Gasteiger partial charge on any atom is -0.366 e. The SMILES string of the molecule is N#CCCN(Cc1ccnc(Cl)c1)c1ccccc1. The fraction of sp³-hybridized carbons (Fsp3) is 0.200. The quantitative estimate of drug-likeness (QED) is 0.779. The third-order valence-corrected chi connectivity index (χ3v) is 2.99. The Morgan fingerprint density at radius 3 is 2.68 bits per heavy atom. The highest BCUT2D eigenvalue weighted by Gasteiger charge is 2.07. The van der Waals surface area contributed by atoms with Gasteiger partial charge in [-0.2, -0.15) is 5.26 Å². The molecule has 0 N–H and O–H groups in total. The molecule has 0 aliphatic rings. The van der Waals surface area contributed by atoms with Gasteiger partial charge in [0.15, 0.2) is 0 Å². The van der Waals surface area contributed by atoms with Crippen molar-refractivity contribution >= 4 is 17.3 Å². The molecule has 2 rings (SSSR count). The Hall–Kier alpha value is -2.05. The lowest BCUT2D eigenvalue weighted by molar-refractivity contribution is 0.797. The average Bonchev–Trinajstić information content (AvgIpc) is 2.44. The number of para-hydroxylation sites is 1. The summed E-state index contributed by atoms with van der Waals surface area (Å²) in [4.78, 5) is 6.14. The second kappa shape index (κ2) is 6.77. The van der Waals surface area contributed by atoms with Crippen molar-refractivity contribution in [2.45, 2.75) is 13.0 Å². The first-order chi connectivity index (χ1) is 9.29. The molecule has 0 atom stereocenters. The Kier molecular flexibility index (Phi) is 4.77. The van der Waals surface area contributed by atoms with Crippen LogP contribution in [0.5, 0.6) is 0 Å². The number of aromatic nitrogens is 1. The third kappa shape index (κ3) is 3.97. The highest BCUT2D eigenvalue weighted by Crippen LogP contribution is 2.18. The summed E-state index contributed by atoms with van der Waals surface area (Å²) in [6, 6.07) is 16.0. The van der Waals surface area contributed by atoms with E-state index in [0.717, 1.165) is 11.3 Å². The van der Waals surface area contributed by atoms with Crippen LogP contribution in [0.4, 0.5) is 5.69 Å². The van der Waals surface area contributed by atoms with Gasteiger partial charge in [-0.3, -0.25) is 0 Å². The first kappa shape index (κ1) is 13.4. The molecule has 19 heavy (non-hydrogen) atoms. The Morgan fingerprint density at radius 1 is 1.21 bits per heavy atom. The molecule has 1 aromatic carbocycles. The molecule has 0 bridgehead atoms. The van der Waals surface area contributed by atoms with Crippen LogP contribution in [0.2, 0.25) is 5.15 Å². The van der Waals surface area contributed by atoms with Crippen molar-refractivity contribution in [3.05, 3.63) is 59.4 Å². The molecule has 1 aromatic heterocycles. The zero-order valence-corrected chi connectivity index (χ0v) is 11.2. The lowest BCUT2D eigenvalue weighted by atomic mass is 10.2. The van der Waals surface area contributed by atoms with Crippen LogP contribution in [0.25, 0.3) is 0 Å². The Labute approximate surface area is 118 Å². The van der Waals surface area contributed by atoms with E-state index in [9.17, 15) is 0 Å². The zero-order chi connectivity index (χ0) is 13.5. The van der Waals surface area contributed by atoms with Gasteiger partial charge in [-0.05, 0) is 29.8 Å². The second-order valence-corrected chi connectivity index (χ2v) is 4.54. The van der Waals surface area contributed by atoms with Crippen LogP contribution in [-0.2, 0) is 6.54 Å². The highest BCUT2D eigenvalue weighted by molar-refractivity contribution is 6.29. The lowest BCUT2D eigenvalue weighted by Gasteiger charge is -2.24. The molecule has 3 nitrogen and oxygen atoms in total. The molecule has 96 valence electrons. The fourth-order valence-corrected chi connectivity index (χ4v) is 2.08. The maximum Gasteiger partial charge on any atom is 0.129 e. The fourth-order valence-electron chi connectivity index (χ4n) is 1.88. The van der Waals surface area contributed by atoms with Crippen molar-refractivity contribution in [2.75, 3.05) is 11.4 Å². The zero-order valence-electron chi connectivity index (χ0n) is 10.5. The first-order valence-corrected chi connectivity index (χ1v) is 6.45. The number of benzene rings is 1. The van der Waals surface area contributed by atoms with Crippen molar-refractivity contribution in [1.29, 1.82) is 5.26 Å². The molecular formula is C15H14ClN3. The van der Waals surface area contributed by atoms with Crippen LogP contribution in [0.3, 0.4) is 0 Å². The maximum atomic E-state index is 8.76. The number of hydrogen-bond donors (Lipinski definition) is 0. The van der Waals surface area contributed by atoms with Gasteiger partial charge in [0.2, 0.25) is 0 Å². The van der Waals surface area contributed by atoms with Gasteiger partial charge < -0.3 is 4.90 Å². The van der Waals surface area contributed by atoms with Crippen molar-refractivity contribution in [3.8, 4) is 6.07 Å². The molecule has 0 saturated heterocycles. The van der Waals surface area contributed by atoms with Gasteiger partial charge in [0.05, 0.1) is 12.5 Å². The van der Waals surface area contributed by atoms with Gasteiger partial charge >= 0.3 is 0 Å². The molecule has 0 spiro atoms. The van der Waals surface area contributed by atoms with E-state index in [0.29, 0.717) is 24.7 Å². The van der Waals surface area contributed by atoms with E-state index in [-0.39, 0.29) is 0 Å². The number of anilines is 1. The summed E-state index contributed by atoms with van der Waals surface area (Å²) >= 11 is 5.90. The normalized spacial score (nSPS) is 9.89. The second-order valence-electron chi connectivity index (χ2n) is 4.15. The molecule has 0 saturated carbocycles. The molecule has 4 heteroatoms. The van der Waals surface area contributed by atoms with Crippen molar-refractivity contribution in [2.24, 2.45) is 0 Å². The van der Waals surface area contributed by atoms with Crippen LogP contribution in [-0.4, -0.2) is 11.5 Å². The summed E-state index contributed by atoms with van der Waals surface area (Å²) in [6.45, 7) is 1.41. The third-order valence-electron chi connectivity index (χ3n) is 2.78. The monoisotopic (exact) mass is 271 g/mol. The molecule has 0 fully saturated rings. The minimum absolute atomic E-state index is 0.491. The van der Waals surface area contributed by atoms with Gasteiger partial charge in [-0.1, -0.05) is 29.8 Å². The number of hydrogen-bond acceptors (Lipinski definition) is 3. The molecule has 2 aromatic rings. The topological polar surface area (TPSA) is 39.9 Å². The highest BCUT2D eigenvalue weighted by atomic mass is 35.5. The van der Waals surface area contributed by atoms with Gasteiger partial charge in [0.25, 0.3) is 0 Å². The predicted molar refractivity (Wildman–Crippen MR) is 77.0 cm³/mol. The van der Waals surface area contributed by atoms with Crippen molar-refractivity contribution in [3.63, 3.8) is 0 Å². The van der Waals surface area contributed by atoms with Crippen LogP contribution in [0, 0.1) is 11.3 Å². The molecule has 0 radical (unpaired) electrons. The number of rotatable bonds is 5. The largest absolute Gasteiger partial charge is 0.366 e. The van der Waals surface area contributed by atoms with Gasteiger partial charge in [0.1, 0.15) is 5.15 Å². The summed E-state index contributed by atoms with van der Waals surface area (Å²) < 4.78 is 0. The van der Waals surface area contributed by atoms with E-state index < -0.39 is 0 Å². The summed E-state index contributed by atoms with van der Waals surface area (Å²) in [6.07, 6.45) is 2.19. The van der Waals surface area contributed by atoms with Crippen LogP contribution >= 0.6 is 11.6 Å². The Balaban J connectivity index is 2.17. The Bertz CT molecular complexity index is 563. The summed E-state index contributed by atoms with van der Waals surface area (Å²) in [5.41, 5.74) is 2.19. The van der Waals surface area contributed by atoms with Gasteiger partial charge in [-0.25, -0.2) is 4.98 Å². The predicted octanol–water partition coefficient (Wildman–Crippen LogP) is 3.66. The van der Waals surface area contributed by atoms with Crippen molar-refractivity contribution in [1.82, 2.24) is 4.98 Å². The van der Waals surface area contributed by atoms with E-state index >= 15 is 0 Å². The van der Waals surface area contributed by atoms with Crippen LogP contribution in [0.1, 0.15) is 12.0 Å². The average molecular weight is 272 g/mol. The smallest absolute Gasteiger partial charge is 0.129 e. The molecule has 0 aliphatic heterocycles. The van der Waals surface area contributed by atoms with E-state index in [1.807, 2.05) is 42.5 Å². The van der Waals surface area contributed by atoms with E-state index in [1.165, 1.54) is 0 Å². The summed E-state index contributed by atoms with van der Waals surface area (Å²) in [5.74, 6) is 0. The lowest BCUT2D eigenvalue weighted by Crippen LogP contribution is -2.23. The molecule has 1 heterocycles. The number of nitriles is 1.